The van der Waals surface area contributed by atoms with Gasteiger partial charge < -0.3 is 9.47 Å². The van der Waals surface area contributed by atoms with Crippen LogP contribution in [0.4, 0.5) is 30.7 Å². The molecule has 136 valence electrons. The van der Waals surface area contributed by atoms with Crippen molar-refractivity contribution in [2.24, 2.45) is 0 Å². The summed E-state index contributed by atoms with van der Waals surface area (Å²) in [5.41, 5.74) is -0.263. The molecule has 0 N–H and O–H groups in total. The fourth-order valence-electron chi connectivity index (χ4n) is 1.89. The molecule has 0 fully saturated rings. The number of hydrogen-bond donors (Lipinski definition) is 0. The Morgan fingerprint density at radius 2 is 1.67 bits per heavy atom. The van der Waals surface area contributed by atoms with E-state index in [2.05, 4.69) is 9.47 Å². The number of ether oxygens (including phenoxy) is 2. The van der Waals surface area contributed by atoms with E-state index in [0.717, 1.165) is 26.4 Å². The molecule has 0 aliphatic carbocycles. The Labute approximate surface area is 132 Å². The third-order valence-corrected chi connectivity index (χ3v) is 3.22. The second-order valence-corrected chi connectivity index (χ2v) is 4.82. The number of carbonyl (C=O) groups excluding carboxylic acids is 1. The molecule has 0 aromatic heterocycles. The van der Waals surface area contributed by atoms with E-state index in [1.54, 1.807) is 0 Å². The molecular weight excluding hydrogens is 349 g/mol. The Hall–Kier alpha value is -1.84. The van der Waals surface area contributed by atoms with Gasteiger partial charge in [0.05, 0.1) is 18.8 Å². The molecule has 0 saturated heterocycles. The van der Waals surface area contributed by atoms with Crippen molar-refractivity contribution in [2.75, 3.05) is 14.2 Å². The van der Waals surface area contributed by atoms with Crippen molar-refractivity contribution in [2.45, 2.75) is 30.5 Å². The van der Waals surface area contributed by atoms with Crippen LogP contribution in [0.1, 0.15) is 28.4 Å². The maximum atomic E-state index is 13.5. The lowest BCUT2D eigenvalue weighted by molar-refractivity contribution is -0.358. The van der Waals surface area contributed by atoms with Crippen LogP contribution < -0.4 is 0 Å². The summed E-state index contributed by atoms with van der Waals surface area (Å²) in [6, 6.07) is 4.66. The lowest BCUT2D eigenvalue weighted by Gasteiger charge is -2.30. The van der Waals surface area contributed by atoms with E-state index in [1.807, 2.05) is 0 Å². The van der Waals surface area contributed by atoms with Crippen LogP contribution in [-0.4, -0.2) is 38.2 Å². The topological polar surface area (TPSA) is 35.5 Å². The van der Waals surface area contributed by atoms with Gasteiger partial charge in [-0.1, -0.05) is 12.1 Å². The first kappa shape index (κ1) is 20.2. The predicted octanol–water partition coefficient (Wildman–Crippen LogP) is 4.38. The summed E-state index contributed by atoms with van der Waals surface area (Å²) in [6.45, 7) is 0. The molecule has 3 nitrogen and oxygen atoms in total. The SMILES string of the molecule is COC(=O)c1cccc(C(CC(F)(F)C(F)(F)C(F)(F)F)OC)c1. The number of rotatable bonds is 6. The molecule has 0 saturated carbocycles. The normalized spacial score (nSPS) is 14.4. The van der Waals surface area contributed by atoms with Crippen LogP contribution in [0.2, 0.25) is 0 Å². The average Bonchev–Trinajstić information content (AvgIpc) is 2.50. The molecule has 0 aliphatic heterocycles. The van der Waals surface area contributed by atoms with Crippen LogP contribution in [0.3, 0.4) is 0 Å². The minimum absolute atomic E-state index is 0.0945. The second-order valence-electron chi connectivity index (χ2n) is 4.82. The molecule has 1 unspecified atom stereocenters. The number of hydrogen-bond acceptors (Lipinski definition) is 3. The van der Waals surface area contributed by atoms with Crippen molar-refractivity contribution in [3.63, 3.8) is 0 Å². The summed E-state index contributed by atoms with van der Waals surface area (Å²) < 4.78 is 98.5. The third-order valence-electron chi connectivity index (χ3n) is 3.22. The van der Waals surface area contributed by atoms with E-state index in [1.165, 1.54) is 12.1 Å². The van der Waals surface area contributed by atoms with Crippen LogP contribution >= 0.6 is 0 Å². The molecule has 1 aromatic carbocycles. The van der Waals surface area contributed by atoms with Crippen molar-refractivity contribution >= 4 is 5.97 Å². The van der Waals surface area contributed by atoms with Crippen LogP contribution in [0.5, 0.6) is 0 Å². The van der Waals surface area contributed by atoms with Gasteiger partial charge in [-0.3, -0.25) is 0 Å². The molecular formula is C14H13F7O3. The minimum Gasteiger partial charge on any atom is -0.465 e. The Morgan fingerprint density at radius 1 is 1.08 bits per heavy atom. The van der Waals surface area contributed by atoms with Gasteiger partial charge >= 0.3 is 24.0 Å². The average molecular weight is 362 g/mol. The van der Waals surface area contributed by atoms with Gasteiger partial charge in [-0.25, -0.2) is 4.79 Å². The van der Waals surface area contributed by atoms with E-state index in [4.69, 9.17) is 0 Å². The number of benzene rings is 1. The molecule has 0 amide bonds. The number of halogens is 7. The molecule has 0 bridgehead atoms. The Morgan fingerprint density at radius 3 is 2.12 bits per heavy atom. The maximum Gasteiger partial charge on any atom is 0.459 e. The van der Waals surface area contributed by atoms with E-state index in [9.17, 15) is 35.5 Å². The highest BCUT2D eigenvalue weighted by Crippen LogP contribution is 2.50. The monoisotopic (exact) mass is 362 g/mol. The number of carbonyl (C=O) groups is 1. The van der Waals surface area contributed by atoms with Crippen LogP contribution in [0.25, 0.3) is 0 Å². The molecule has 10 heteroatoms. The standard InChI is InChI=1S/C14H13F7O3/c1-23-10(7-12(15,16)13(17,18)14(19,20)21)8-4-3-5-9(6-8)11(22)24-2/h3-6,10H,7H2,1-2H3. The largest absolute Gasteiger partial charge is 0.465 e. The summed E-state index contributed by atoms with van der Waals surface area (Å²) in [7, 11) is 1.93. The predicted molar refractivity (Wildman–Crippen MR) is 68.1 cm³/mol. The highest BCUT2D eigenvalue weighted by molar-refractivity contribution is 5.89. The zero-order valence-electron chi connectivity index (χ0n) is 12.5. The Balaban J connectivity index is 3.13. The maximum absolute atomic E-state index is 13.5. The summed E-state index contributed by atoms with van der Waals surface area (Å²) in [5, 5.41) is 0. The first-order valence-electron chi connectivity index (χ1n) is 6.41. The molecule has 24 heavy (non-hydrogen) atoms. The van der Waals surface area contributed by atoms with Gasteiger partial charge in [0.15, 0.2) is 0 Å². The van der Waals surface area contributed by atoms with Crippen molar-refractivity contribution in [1.29, 1.82) is 0 Å². The molecule has 1 rings (SSSR count). The first-order valence-corrected chi connectivity index (χ1v) is 6.41. The molecule has 1 aromatic rings. The zero-order valence-corrected chi connectivity index (χ0v) is 12.5. The van der Waals surface area contributed by atoms with Gasteiger partial charge in [0.1, 0.15) is 0 Å². The summed E-state index contributed by atoms with van der Waals surface area (Å²) >= 11 is 0. The Kier molecular flexibility index (Phi) is 5.86. The summed E-state index contributed by atoms with van der Waals surface area (Å²) in [5.74, 6) is -12.5. The fraction of sp³-hybridized carbons (Fsp3) is 0.500. The van der Waals surface area contributed by atoms with Crippen LogP contribution in [-0.2, 0) is 9.47 Å². The van der Waals surface area contributed by atoms with Crippen molar-refractivity contribution in [1.82, 2.24) is 0 Å². The van der Waals surface area contributed by atoms with Crippen LogP contribution in [0.15, 0.2) is 24.3 Å². The summed E-state index contributed by atoms with van der Waals surface area (Å²) in [4.78, 5) is 11.4. The number of esters is 1. The van der Waals surface area contributed by atoms with E-state index in [0.29, 0.717) is 0 Å². The van der Waals surface area contributed by atoms with Crippen molar-refractivity contribution in [3.05, 3.63) is 35.4 Å². The van der Waals surface area contributed by atoms with Gasteiger partial charge in [0.2, 0.25) is 0 Å². The second kappa shape index (κ2) is 6.96. The molecule has 0 heterocycles. The van der Waals surface area contributed by atoms with E-state index in [-0.39, 0.29) is 11.1 Å². The molecule has 0 radical (unpaired) electrons. The third kappa shape index (κ3) is 3.97. The molecule has 0 aliphatic rings. The van der Waals surface area contributed by atoms with Gasteiger partial charge in [0, 0.05) is 13.5 Å². The molecule has 1 atom stereocenters. The quantitative estimate of drug-likeness (QED) is 0.556. The molecule has 0 spiro atoms. The van der Waals surface area contributed by atoms with Gasteiger partial charge in [-0.15, -0.1) is 0 Å². The Bertz CT molecular complexity index is 584. The summed E-state index contributed by atoms with van der Waals surface area (Å²) in [6.07, 6.45) is -10.1. The van der Waals surface area contributed by atoms with Crippen molar-refractivity contribution in [3.8, 4) is 0 Å². The first-order chi connectivity index (χ1) is 10.9. The van der Waals surface area contributed by atoms with Gasteiger partial charge in [-0.2, -0.15) is 30.7 Å². The zero-order chi connectivity index (χ0) is 18.8. The van der Waals surface area contributed by atoms with E-state index >= 15 is 0 Å². The van der Waals surface area contributed by atoms with Crippen molar-refractivity contribution < 1.29 is 45.0 Å². The highest BCUT2D eigenvalue weighted by atomic mass is 19.4. The fourth-order valence-corrected chi connectivity index (χ4v) is 1.89. The van der Waals surface area contributed by atoms with Gasteiger partial charge in [-0.05, 0) is 17.7 Å². The number of methoxy groups -OCH3 is 2. The smallest absolute Gasteiger partial charge is 0.459 e. The minimum atomic E-state index is -6.41. The lowest BCUT2D eigenvalue weighted by atomic mass is 9.97. The van der Waals surface area contributed by atoms with Gasteiger partial charge in [0.25, 0.3) is 0 Å². The lowest BCUT2D eigenvalue weighted by Crippen LogP contribution is -2.52. The van der Waals surface area contributed by atoms with Crippen LogP contribution in [0, 0.1) is 0 Å². The highest BCUT2D eigenvalue weighted by Gasteiger charge is 2.73. The number of alkyl halides is 7. The van der Waals surface area contributed by atoms with E-state index < -0.39 is 36.5 Å².